The number of unbranched alkanes of at least 4 members (excludes halogenated alkanes) is 14. The molecule has 0 aliphatic carbocycles. The molecule has 0 aromatic rings. The van der Waals surface area contributed by atoms with E-state index in [-0.39, 0.29) is 0 Å². The minimum absolute atomic E-state index is 0.742. The van der Waals surface area contributed by atoms with Gasteiger partial charge in [0.05, 0.1) is 20.1 Å². The number of hydrogen-bond acceptors (Lipinski definition) is 1. The summed E-state index contributed by atoms with van der Waals surface area (Å²) in [4.78, 5) is 0. The van der Waals surface area contributed by atoms with Crippen LogP contribution in [0.5, 0.6) is 0 Å². The summed E-state index contributed by atoms with van der Waals surface area (Å²) in [6.07, 6.45) is 22.2. The Bertz CT molecular complexity index is 204. The molecule has 0 aromatic carbocycles. The molecule has 0 rings (SSSR count). The van der Waals surface area contributed by atoms with E-state index in [0.29, 0.717) is 0 Å². The Balaban J connectivity index is 3.33. The fraction of sp³-hybridized carbons (Fsp3) is 1.00. The molecule has 140 valence electrons. The van der Waals surface area contributed by atoms with Gasteiger partial charge in [0.2, 0.25) is 0 Å². The molecule has 0 unspecified atom stereocenters. The largest absolute Gasteiger partial charge is 0.251 e. The molecular weight excluding hydrogens is 280 g/mol. The summed E-state index contributed by atoms with van der Waals surface area (Å²) < 4.78 is 0.742. The first-order chi connectivity index (χ1) is 11.1. The van der Waals surface area contributed by atoms with Crippen molar-refractivity contribution in [2.75, 3.05) is 20.1 Å². The van der Waals surface area contributed by atoms with Gasteiger partial charge in [-0.1, -0.05) is 90.9 Å². The molecule has 0 atom stereocenters. The highest BCUT2D eigenvalue weighted by atomic mass is 15.6. The molecule has 0 aliphatic heterocycles. The highest BCUT2D eigenvalue weighted by Crippen LogP contribution is 2.12. The van der Waals surface area contributed by atoms with Crippen LogP contribution in [-0.2, 0) is 0 Å². The van der Waals surface area contributed by atoms with Gasteiger partial charge in [0.15, 0.2) is 0 Å². The maximum Gasteiger partial charge on any atom is 0.0958 e. The lowest BCUT2D eigenvalue weighted by Gasteiger charge is -2.28. The van der Waals surface area contributed by atoms with Crippen molar-refractivity contribution in [3.05, 3.63) is 0 Å². The minimum atomic E-state index is 0.742. The van der Waals surface area contributed by atoms with Crippen LogP contribution in [0.2, 0.25) is 0 Å². The van der Waals surface area contributed by atoms with Gasteiger partial charge in [-0.15, -0.1) is 0 Å². The van der Waals surface area contributed by atoms with Crippen molar-refractivity contribution < 1.29 is 4.59 Å². The first kappa shape index (κ1) is 22.9. The second kappa shape index (κ2) is 16.8. The van der Waals surface area contributed by atoms with Crippen LogP contribution in [0.25, 0.3) is 0 Å². The Hall–Kier alpha value is -0.0800. The maximum atomic E-state index is 6.42. The van der Waals surface area contributed by atoms with Crippen molar-refractivity contribution >= 4 is 0 Å². The zero-order chi connectivity index (χ0) is 17.2. The zero-order valence-corrected chi connectivity index (χ0v) is 16.8. The van der Waals surface area contributed by atoms with Crippen molar-refractivity contribution in [1.29, 1.82) is 0 Å². The second-order valence-electron chi connectivity index (χ2n) is 7.88. The Morgan fingerprint density at radius 1 is 0.478 bits per heavy atom. The topological polar surface area (TPSA) is 26.0 Å². The van der Waals surface area contributed by atoms with E-state index in [4.69, 9.17) is 5.84 Å². The molecule has 2 heteroatoms. The molecule has 0 aromatic heterocycles. The third-order valence-corrected chi connectivity index (χ3v) is 5.04. The van der Waals surface area contributed by atoms with Crippen LogP contribution in [0.1, 0.15) is 117 Å². The number of rotatable bonds is 18. The van der Waals surface area contributed by atoms with Crippen molar-refractivity contribution in [3.63, 3.8) is 0 Å². The summed E-state index contributed by atoms with van der Waals surface area (Å²) in [5, 5.41) is 0. The van der Waals surface area contributed by atoms with Crippen LogP contribution < -0.4 is 5.84 Å². The molecule has 0 spiro atoms. The summed E-state index contributed by atoms with van der Waals surface area (Å²) >= 11 is 0. The van der Waals surface area contributed by atoms with Crippen LogP contribution in [-0.4, -0.2) is 24.7 Å². The van der Waals surface area contributed by atoms with Gasteiger partial charge >= 0.3 is 0 Å². The van der Waals surface area contributed by atoms with Gasteiger partial charge in [-0.2, -0.15) is 5.84 Å². The highest BCUT2D eigenvalue weighted by molar-refractivity contribution is 4.48. The van der Waals surface area contributed by atoms with E-state index < -0.39 is 0 Å². The Labute approximate surface area is 147 Å². The zero-order valence-electron chi connectivity index (χ0n) is 16.8. The molecule has 0 heterocycles. The van der Waals surface area contributed by atoms with Gasteiger partial charge in [-0.05, 0) is 25.7 Å². The average molecular weight is 328 g/mol. The lowest BCUT2D eigenvalue weighted by molar-refractivity contribution is -0.921. The molecule has 2 nitrogen and oxygen atoms in total. The fourth-order valence-corrected chi connectivity index (χ4v) is 3.33. The van der Waals surface area contributed by atoms with Gasteiger partial charge in [0, 0.05) is 0 Å². The van der Waals surface area contributed by atoms with Gasteiger partial charge in [0.25, 0.3) is 0 Å². The van der Waals surface area contributed by atoms with E-state index in [1.807, 2.05) is 0 Å². The second-order valence-corrected chi connectivity index (χ2v) is 7.88. The Kier molecular flexibility index (Phi) is 16.7. The standard InChI is InChI=1S/C21H47N2/c1-4-6-8-10-12-14-16-18-20-23(3,22)21-19-17-15-13-11-9-7-5-2/h4-22H2,1-3H3/q+1. The van der Waals surface area contributed by atoms with E-state index in [1.54, 1.807) is 0 Å². The van der Waals surface area contributed by atoms with Gasteiger partial charge in [-0.3, -0.25) is 4.59 Å². The van der Waals surface area contributed by atoms with Crippen LogP contribution in [0.15, 0.2) is 0 Å². The van der Waals surface area contributed by atoms with Crippen LogP contribution in [0.4, 0.5) is 0 Å². The summed E-state index contributed by atoms with van der Waals surface area (Å²) in [5.41, 5.74) is 0. The van der Waals surface area contributed by atoms with Crippen LogP contribution in [0, 0.1) is 0 Å². The number of nitrogens with two attached hydrogens (primary N) is 1. The van der Waals surface area contributed by atoms with E-state index in [2.05, 4.69) is 20.9 Å². The van der Waals surface area contributed by atoms with Gasteiger partial charge < -0.3 is 0 Å². The molecule has 0 amide bonds. The molecule has 2 N–H and O–H groups in total. The molecule has 23 heavy (non-hydrogen) atoms. The SMILES string of the molecule is CCCCCCCCCC[N+](C)(N)CCCCCCCCCC. The van der Waals surface area contributed by atoms with E-state index >= 15 is 0 Å². The summed E-state index contributed by atoms with van der Waals surface area (Å²) in [7, 11) is 2.21. The molecule has 0 saturated heterocycles. The van der Waals surface area contributed by atoms with Crippen LogP contribution in [0.3, 0.4) is 0 Å². The predicted molar refractivity (Wildman–Crippen MR) is 105 cm³/mol. The first-order valence-corrected chi connectivity index (χ1v) is 10.8. The van der Waals surface area contributed by atoms with Crippen LogP contribution >= 0.6 is 0 Å². The number of nitrogens with zero attached hydrogens (tertiary/aromatic N) is 1. The lowest BCUT2D eigenvalue weighted by Crippen LogP contribution is -2.51. The van der Waals surface area contributed by atoms with Crippen molar-refractivity contribution in [2.45, 2.75) is 117 Å². The average Bonchev–Trinajstić information content (AvgIpc) is 2.52. The lowest BCUT2D eigenvalue weighted by atomic mass is 10.1. The summed E-state index contributed by atoms with van der Waals surface area (Å²) in [6.45, 7) is 6.88. The highest BCUT2D eigenvalue weighted by Gasteiger charge is 2.14. The normalized spacial score (nSPS) is 12.0. The van der Waals surface area contributed by atoms with Crippen molar-refractivity contribution in [2.24, 2.45) is 5.84 Å². The molecule has 0 bridgehead atoms. The first-order valence-electron chi connectivity index (χ1n) is 10.8. The Morgan fingerprint density at radius 3 is 1.04 bits per heavy atom. The molecule has 0 fully saturated rings. The van der Waals surface area contributed by atoms with E-state index in [9.17, 15) is 0 Å². The number of hydrogen-bond donors (Lipinski definition) is 1. The molecular formula is C21H47N2+. The third kappa shape index (κ3) is 18.1. The van der Waals surface area contributed by atoms with Crippen molar-refractivity contribution in [1.82, 2.24) is 0 Å². The van der Waals surface area contributed by atoms with E-state index in [1.165, 1.54) is 103 Å². The monoisotopic (exact) mass is 327 g/mol. The van der Waals surface area contributed by atoms with Gasteiger partial charge in [-0.25, -0.2) is 0 Å². The third-order valence-electron chi connectivity index (χ3n) is 5.04. The van der Waals surface area contributed by atoms with Crippen molar-refractivity contribution in [3.8, 4) is 0 Å². The Morgan fingerprint density at radius 2 is 0.739 bits per heavy atom. The molecule has 0 aliphatic rings. The fourth-order valence-electron chi connectivity index (χ4n) is 3.33. The molecule has 0 saturated carbocycles. The minimum Gasteiger partial charge on any atom is -0.251 e. The van der Waals surface area contributed by atoms with E-state index in [0.717, 1.165) is 17.7 Å². The maximum absolute atomic E-state index is 6.42. The molecule has 0 radical (unpaired) electrons. The summed E-state index contributed by atoms with van der Waals surface area (Å²) in [6, 6.07) is 0. The predicted octanol–water partition coefficient (Wildman–Crippen LogP) is 6.59. The smallest absolute Gasteiger partial charge is 0.0958 e. The number of quaternary nitrogens is 1. The quantitative estimate of drug-likeness (QED) is 0.131. The van der Waals surface area contributed by atoms with Gasteiger partial charge in [0.1, 0.15) is 0 Å². The summed E-state index contributed by atoms with van der Waals surface area (Å²) in [5.74, 6) is 6.42.